The van der Waals surface area contributed by atoms with E-state index in [2.05, 4.69) is 21.8 Å². The number of carbonyl (C=O) groups excluding carboxylic acids is 3. The van der Waals surface area contributed by atoms with Gasteiger partial charge in [0.25, 0.3) is 0 Å². The quantitative estimate of drug-likeness (QED) is 0.429. The minimum absolute atomic E-state index is 0.00988. The van der Waals surface area contributed by atoms with Gasteiger partial charge in [0.1, 0.15) is 24.0 Å². The van der Waals surface area contributed by atoms with Crippen molar-refractivity contribution in [3.8, 4) is 11.8 Å². The third-order valence-electron chi connectivity index (χ3n) is 5.66. The molecular weight excluding hydrogens is 446 g/mol. The maximum absolute atomic E-state index is 12.7. The molecule has 4 N–H and O–H groups in total. The standard InChI is InChI=1S/C25H25N7O3/c26-15-18-19(30-32(25(18)27)17-7-2-1-3-8-17)10-6-14-28-22(33)12-13-24(35)31-16-23(34)29-20-9-4-5-11-21(20)31/h1-5,7-9,11H,6,10,12-14,16,27H2,(H,28,33)(H,29,34). The van der Waals surface area contributed by atoms with E-state index in [1.54, 1.807) is 24.3 Å². The highest BCUT2D eigenvalue weighted by Gasteiger charge is 2.26. The number of nitrogens with two attached hydrogens (primary N) is 1. The topological polar surface area (TPSA) is 146 Å². The Bertz CT molecular complexity index is 1290. The van der Waals surface area contributed by atoms with Gasteiger partial charge in [0.05, 0.1) is 22.8 Å². The van der Waals surface area contributed by atoms with Gasteiger partial charge in [-0.2, -0.15) is 10.4 Å². The molecule has 10 heteroatoms. The van der Waals surface area contributed by atoms with Crippen molar-refractivity contribution >= 4 is 34.9 Å². The number of nitrogens with zero attached hydrogens (tertiary/aromatic N) is 4. The van der Waals surface area contributed by atoms with Crippen LogP contribution in [0.4, 0.5) is 17.2 Å². The molecule has 178 valence electrons. The number of rotatable bonds is 8. The summed E-state index contributed by atoms with van der Waals surface area (Å²) in [6, 6.07) is 18.5. The number of carbonyl (C=O) groups is 3. The molecule has 0 spiro atoms. The summed E-state index contributed by atoms with van der Waals surface area (Å²) in [6.07, 6.45) is 1.02. The maximum Gasteiger partial charge on any atom is 0.244 e. The Hall–Kier alpha value is -4.65. The molecule has 3 amide bonds. The second-order valence-corrected chi connectivity index (χ2v) is 8.06. The summed E-state index contributed by atoms with van der Waals surface area (Å²) in [5.41, 5.74) is 8.98. The minimum Gasteiger partial charge on any atom is -0.382 e. The number of benzene rings is 2. The third kappa shape index (κ3) is 5.30. The van der Waals surface area contributed by atoms with E-state index in [1.807, 2.05) is 30.3 Å². The SMILES string of the molecule is N#Cc1c(CCCNC(=O)CCC(=O)N2CC(=O)Nc3ccccc32)nn(-c2ccccc2)c1N. The molecule has 35 heavy (non-hydrogen) atoms. The summed E-state index contributed by atoms with van der Waals surface area (Å²) >= 11 is 0. The van der Waals surface area contributed by atoms with E-state index in [0.29, 0.717) is 42.0 Å². The van der Waals surface area contributed by atoms with Crippen LogP contribution in [0.15, 0.2) is 54.6 Å². The summed E-state index contributed by atoms with van der Waals surface area (Å²) in [7, 11) is 0. The van der Waals surface area contributed by atoms with Crippen LogP contribution in [0.3, 0.4) is 0 Å². The van der Waals surface area contributed by atoms with Crippen LogP contribution in [0.1, 0.15) is 30.5 Å². The number of aromatic nitrogens is 2. The highest BCUT2D eigenvalue weighted by atomic mass is 16.2. The summed E-state index contributed by atoms with van der Waals surface area (Å²) in [5.74, 6) is -0.538. The molecule has 1 aliphatic rings. The van der Waals surface area contributed by atoms with Gasteiger partial charge >= 0.3 is 0 Å². The molecule has 0 unspecified atom stereocenters. The van der Waals surface area contributed by atoms with Crippen molar-refractivity contribution in [2.45, 2.75) is 25.7 Å². The van der Waals surface area contributed by atoms with Gasteiger partial charge in [0.15, 0.2) is 0 Å². The third-order valence-corrected chi connectivity index (χ3v) is 5.66. The summed E-state index contributed by atoms with van der Waals surface area (Å²) < 4.78 is 1.54. The smallest absolute Gasteiger partial charge is 0.244 e. The Morgan fingerprint density at radius 1 is 1.11 bits per heavy atom. The Labute approximate surface area is 202 Å². The van der Waals surface area contributed by atoms with Gasteiger partial charge in [-0.05, 0) is 37.1 Å². The second-order valence-electron chi connectivity index (χ2n) is 8.06. The average Bonchev–Trinajstić information content (AvgIpc) is 3.20. The Morgan fingerprint density at radius 3 is 2.63 bits per heavy atom. The lowest BCUT2D eigenvalue weighted by Crippen LogP contribution is -2.42. The molecule has 4 rings (SSSR count). The zero-order valence-corrected chi connectivity index (χ0v) is 19.0. The fraction of sp³-hybridized carbons (Fsp3) is 0.240. The minimum atomic E-state index is -0.289. The largest absolute Gasteiger partial charge is 0.382 e. The van der Waals surface area contributed by atoms with Crippen LogP contribution in [-0.2, 0) is 20.8 Å². The average molecular weight is 472 g/mol. The molecular formula is C25H25N7O3. The first-order valence-corrected chi connectivity index (χ1v) is 11.3. The van der Waals surface area contributed by atoms with Crippen LogP contribution in [0.2, 0.25) is 0 Å². The molecule has 1 aliphatic heterocycles. The van der Waals surface area contributed by atoms with Gasteiger partial charge in [-0.15, -0.1) is 0 Å². The normalized spacial score (nSPS) is 12.4. The van der Waals surface area contributed by atoms with Gasteiger partial charge < -0.3 is 21.3 Å². The fourth-order valence-electron chi connectivity index (χ4n) is 3.92. The van der Waals surface area contributed by atoms with Crippen LogP contribution in [-0.4, -0.2) is 40.6 Å². The van der Waals surface area contributed by atoms with Crippen molar-refractivity contribution < 1.29 is 14.4 Å². The van der Waals surface area contributed by atoms with Crippen LogP contribution < -0.4 is 21.3 Å². The van der Waals surface area contributed by atoms with E-state index in [1.165, 1.54) is 9.58 Å². The lowest BCUT2D eigenvalue weighted by Gasteiger charge is -2.29. The van der Waals surface area contributed by atoms with Gasteiger partial charge in [-0.25, -0.2) is 4.68 Å². The Kier molecular flexibility index (Phi) is 7.07. The lowest BCUT2D eigenvalue weighted by molar-refractivity contribution is -0.125. The Morgan fingerprint density at radius 2 is 1.86 bits per heavy atom. The van der Waals surface area contributed by atoms with E-state index >= 15 is 0 Å². The molecule has 0 saturated heterocycles. The van der Waals surface area contributed by atoms with Crippen molar-refractivity contribution in [3.63, 3.8) is 0 Å². The summed E-state index contributed by atoms with van der Waals surface area (Å²) in [4.78, 5) is 38.2. The predicted octanol–water partition coefficient (Wildman–Crippen LogP) is 2.14. The molecule has 0 radical (unpaired) electrons. The maximum atomic E-state index is 12.7. The van der Waals surface area contributed by atoms with Crippen LogP contribution in [0.25, 0.3) is 5.69 Å². The van der Waals surface area contributed by atoms with Crippen molar-refractivity contribution in [1.29, 1.82) is 5.26 Å². The highest BCUT2D eigenvalue weighted by molar-refractivity contribution is 6.10. The number of anilines is 3. The van der Waals surface area contributed by atoms with Crippen molar-refractivity contribution in [1.82, 2.24) is 15.1 Å². The van der Waals surface area contributed by atoms with Gasteiger partial charge in [-0.3, -0.25) is 14.4 Å². The van der Waals surface area contributed by atoms with Crippen molar-refractivity contribution in [2.75, 3.05) is 29.0 Å². The highest BCUT2D eigenvalue weighted by Crippen LogP contribution is 2.29. The molecule has 2 aromatic carbocycles. The van der Waals surface area contributed by atoms with Crippen molar-refractivity contribution in [2.24, 2.45) is 0 Å². The Balaban J connectivity index is 1.26. The lowest BCUT2D eigenvalue weighted by atomic mass is 10.1. The van der Waals surface area contributed by atoms with E-state index in [4.69, 9.17) is 5.73 Å². The second kappa shape index (κ2) is 10.5. The molecule has 0 bridgehead atoms. The molecule has 0 aliphatic carbocycles. The molecule has 10 nitrogen and oxygen atoms in total. The number of para-hydroxylation sites is 3. The zero-order chi connectivity index (χ0) is 24.8. The van der Waals surface area contributed by atoms with Crippen LogP contribution in [0, 0.1) is 11.3 Å². The van der Waals surface area contributed by atoms with Gasteiger partial charge in [0.2, 0.25) is 17.7 Å². The molecule has 2 heterocycles. The predicted molar refractivity (Wildman–Crippen MR) is 131 cm³/mol. The first-order valence-electron chi connectivity index (χ1n) is 11.3. The van der Waals surface area contributed by atoms with Crippen LogP contribution in [0.5, 0.6) is 0 Å². The van der Waals surface area contributed by atoms with E-state index in [-0.39, 0.29) is 42.9 Å². The summed E-state index contributed by atoms with van der Waals surface area (Å²) in [5, 5.41) is 19.5. The summed E-state index contributed by atoms with van der Waals surface area (Å²) in [6.45, 7) is 0.294. The molecule has 0 atom stereocenters. The number of nitrogen functional groups attached to an aromatic ring is 1. The number of hydrogen-bond donors (Lipinski definition) is 3. The van der Waals surface area contributed by atoms with Crippen LogP contribution >= 0.6 is 0 Å². The van der Waals surface area contributed by atoms with Gasteiger partial charge in [0, 0.05) is 19.4 Å². The monoisotopic (exact) mass is 471 g/mol. The number of amides is 3. The van der Waals surface area contributed by atoms with E-state index in [9.17, 15) is 19.6 Å². The first kappa shape index (κ1) is 23.5. The van der Waals surface area contributed by atoms with Gasteiger partial charge in [-0.1, -0.05) is 30.3 Å². The number of fused-ring (bicyclic) bond motifs is 1. The number of nitriles is 1. The molecule has 1 aromatic heterocycles. The molecule has 3 aromatic rings. The number of nitrogens with one attached hydrogen (secondary N) is 2. The number of aryl methyl sites for hydroxylation is 1. The van der Waals surface area contributed by atoms with Crippen molar-refractivity contribution in [3.05, 3.63) is 65.9 Å². The fourth-order valence-corrected chi connectivity index (χ4v) is 3.92. The first-order chi connectivity index (χ1) is 17.0. The van der Waals surface area contributed by atoms with E-state index < -0.39 is 0 Å². The number of hydrogen-bond acceptors (Lipinski definition) is 6. The van der Waals surface area contributed by atoms with E-state index in [0.717, 1.165) is 5.69 Å². The zero-order valence-electron chi connectivity index (χ0n) is 19.0. The molecule has 0 fully saturated rings. The molecule has 0 saturated carbocycles.